The molecule has 1 aromatic rings. The number of ether oxygens (including phenoxy) is 1. The highest BCUT2D eigenvalue weighted by molar-refractivity contribution is 5.98. The standard InChI is InChI=1S/C26H41FN4O5/c1-5-26(6-2,25(35)28-20(14-33)9-16(3)4)30-23(34)21-7-8-22(31-11-19(27)12-31)24(29-21)36-15-18-10-17(18)13-32/h7-8,16-20,32-33H,5-6,9-15H2,1-4H3,(H,28,35)(H,30,34)/t17-,18-,20?/m1/s1. The Hall–Kier alpha value is -2.46. The van der Waals surface area contributed by atoms with E-state index in [0.29, 0.717) is 37.5 Å². The van der Waals surface area contributed by atoms with Gasteiger partial charge in [-0.15, -0.1) is 0 Å². The summed E-state index contributed by atoms with van der Waals surface area (Å²) >= 11 is 0. The average Bonchev–Trinajstić information content (AvgIpc) is 3.61. The lowest BCUT2D eigenvalue weighted by molar-refractivity contribution is -0.128. The number of aliphatic hydroxyl groups is 2. The second-order valence-electron chi connectivity index (χ2n) is 10.5. The molecule has 2 aliphatic rings. The molecule has 3 atom stereocenters. The van der Waals surface area contributed by atoms with Gasteiger partial charge in [-0.1, -0.05) is 27.7 Å². The van der Waals surface area contributed by atoms with Crippen molar-refractivity contribution < 1.29 is 28.9 Å². The monoisotopic (exact) mass is 508 g/mol. The number of aromatic nitrogens is 1. The van der Waals surface area contributed by atoms with Crippen LogP contribution in [0.4, 0.5) is 10.1 Å². The van der Waals surface area contributed by atoms with Gasteiger partial charge < -0.3 is 30.5 Å². The minimum absolute atomic E-state index is 0.0977. The molecule has 1 saturated heterocycles. The van der Waals surface area contributed by atoms with Gasteiger partial charge in [0.05, 0.1) is 32.3 Å². The molecule has 36 heavy (non-hydrogen) atoms. The third-order valence-corrected chi connectivity index (χ3v) is 7.29. The van der Waals surface area contributed by atoms with Crippen molar-refractivity contribution in [1.82, 2.24) is 15.6 Å². The molecule has 1 aromatic heterocycles. The van der Waals surface area contributed by atoms with Gasteiger partial charge in [-0.05, 0) is 55.6 Å². The summed E-state index contributed by atoms with van der Waals surface area (Å²) in [6, 6.07) is 2.86. The van der Waals surface area contributed by atoms with Crippen LogP contribution in [0.1, 0.15) is 63.9 Å². The van der Waals surface area contributed by atoms with E-state index in [1.165, 1.54) is 0 Å². The molecular formula is C26H41FN4O5. The maximum absolute atomic E-state index is 13.5. The lowest BCUT2D eigenvalue weighted by Gasteiger charge is -2.37. The molecule has 1 aliphatic carbocycles. The van der Waals surface area contributed by atoms with Gasteiger partial charge in [0.1, 0.15) is 23.1 Å². The molecule has 2 fully saturated rings. The summed E-state index contributed by atoms with van der Waals surface area (Å²) in [6.07, 6.45) is 1.31. The highest BCUT2D eigenvalue weighted by Crippen LogP contribution is 2.39. The Labute approximate surface area is 212 Å². The molecule has 2 heterocycles. The summed E-state index contributed by atoms with van der Waals surface area (Å²) in [5.41, 5.74) is -0.443. The van der Waals surface area contributed by atoms with E-state index in [1.54, 1.807) is 12.1 Å². The Morgan fingerprint density at radius 2 is 1.92 bits per heavy atom. The second kappa shape index (κ2) is 12.2. The van der Waals surface area contributed by atoms with Crippen molar-refractivity contribution in [2.45, 2.75) is 71.1 Å². The van der Waals surface area contributed by atoms with Crippen molar-refractivity contribution in [2.24, 2.45) is 17.8 Å². The van der Waals surface area contributed by atoms with Gasteiger partial charge in [0.15, 0.2) is 0 Å². The highest BCUT2D eigenvalue weighted by atomic mass is 19.1. The van der Waals surface area contributed by atoms with Crippen LogP contribution in [-0.2, 0) is 4.79 Å². The zero-order valence-electron chi connectivity index (χ0n) is 21.8. The largest absolute Gasteiger partial charge is 0.476 e. The van der Waals surface area contributed by atoms with Crippen LogP contribution in [0.3, 0.4) is 0 Å². The number of carbonyl (C=O) groups excluding carboxylic acids is 2. The minimum Gasteiger partial charge on any atom is -0.476 e. The number of aliphatic hydroxyl groups excluding tert-OH is 2. The number of pyridine rings is 1. The lowest BCUT2D eigenvalue weighted by Crippen LogP contribution is -2.60. The Morgan fingerprint density at radius 1 is 1.22 bits per heavy atom. The number of hydrogen-bond acceptors (Lipinski definition) is 7. The number of nitrogens with one attached hydrogen (secondary N) is 2. The van der Waals surface area contributed by atoms with E-state index in [0.717, 1.165) is 6.42 Å². The molecule has 1 saturated carbocycles. The van der Waals surface area contributed by atoms with E-state index < -0.39 is 23.7 Å². The first-order chi connectivity index (χ1) is 17.2. The van der Waals surface area contributed by atoms with Gasteiger partial charge in [-0.2, -0.15) is 0 Å². The number of hydrogen-bond donors (Lipinski definition) is 4. The number of amides is 2. The van der Waals surface area contributed by atoms with Crippen LogP contribution in [0.15, 0.2) is 12.1 Å². The van der Waals surface area contributed by atoms with Crippen molar-refractivity contribution >= 4 is 17.5 Å². The Kier molecular flexibility index (Phi) is 9.52. The first kappa shape index (κ1) is 28.1. The molecule has 9 nitrogen and oxygen atoms in total. The van der Waals surface area contributed by atoms with Gasteiger partial charge >= 0.3 is 0 Å². The van der Waals surface area contributed by atoms with E-state index in [9.17, 15) is 24.2 Å². The van der Waals surface area contributed by atoms with Gasteiger partial charge in [0, 0.05) is 6.61 Å². The number of nitrogens with zero attached hydrogens (tertiary/aromatic N) is 2. The number of halogens is 1. The van der Waals surface area contributed by atoms with Crippen molar-refractivity contribution in [3.8, 4) is 5.88 Å². The van der Waals surface area contributed by atoms with Crippen molar-refractivity contribution in [2.75, 3.05) is 37.8 Å². The minimum atomic E-state index is -1.16. The zero-order valence-corrected chi connectivity index (χ0v) is 21.8. The molecule has 2 amide bonds. The Morgan fingerprint density at radius 3 is 2.44 bits per heavy atom. The molecule has 0 aromatic carbocycles. The smallest absolute Gasteiger partial charge is 0.270 e. The van der Waals surface area contributed by atoms with Crippen molar-refractivity contribution in [3.05, 3.63) is 17.8 Å². The highest BCUT2D eigenvalue weighted by Gasteiger charge is 2.39. The Balaban J connectivity index is 1.76. The molecular weight excluding hydrogens is 467 g/mol. The normalized spacial score (nSPS) is 20.6. The summed E-state index contributed by atoms with van der Waals surface area (Å²) in [4.78, 5) is 32.8. The molecule has 1 aliphatic heterocycles. The molecule has 0 bridgehead atoms. The van der Waals surface area contributed by atoms with Crippen LogP contribution in [0.25, 0.3) is 0 Å². The fourth-order valence-corrected chi connectivity index (χ4v) is 4.61. The summed E-state index contributed by atoms with van der Waals surface area (Å²) in [5.74, 6) is 0.130. The van der Waals surface area contributed by atoms with Crippen molar-refractivity contribution in [1.29, 1.82) is 0 Å². The van der Waals surface area contributed by atoms with Gasteiger partial charge in [-0.25, -0.2) is 9.37 Å². The summed E-state index contributed by atoms with van der Waals surface area (Å²) in [7, 11) is 0. The number of alkyl halides is 1. The first-order valence-electron chi connectivity index (χ1n) is 13.0. The average molecular weight is 509 g/mol. The predicted molar refractivity (Wildman–Crippen MR) is 135 cm³/mol. The maximum Gasteiger partial charge on any atom is 0.270 e. The fourth-order valence-electron chi connectivity index (χ4n) is 4.61. The third-order valence-electron chi connectivity index (χ3n) is 7.29. The first-order valence-corrected chi connectivity index (χ1v) is 13.0. The number of carbonyl (C=O) groups is 2. The molecule has 10 heteroatoms. The second-order valence-corrected chi connectivity index (χ2v) is 10.5. The topological polar surface area (TPSA) is 124 Å². The maximum atomic E-state index is 13.5. The van der Waals surface area contributed by atoms with Gasteiger partial charge in [0.25, 0.3) is 5.91 Å². The van der Waals surface area contributed by atoms with E-state index >= 15 is 0 Å². The molecule has 0 spiro atoms. The van der Waals surface area contributed by atoms with E-state index in [-0.39, 0.29) is 55.6 Å². The van der Waals surface area contributed by atoms with Crippen LogP contribution in [0.5, 0.6) is 5.88 Å². The van der Waals surface area contributed by atoms with Crippen LogP contribution in [-0.4, -0.2) is 77.7 Å². The van der Waals surface area contributed by atoms with Crippen LogP contribution >= 0.6 is 0 Å². The van der Waals surface area contributed by atoms with E-state index in [4.69, 9.17) is 4.74 Å². The molecule has 202 valence electrons. The van der Waals surface area contributed by atoms with Crippen LogP contribution < -0.4 is 20.3 Å². The quantitative estimate of drug-likeness (QED) is 0.303. The molecule has 4 N–H and O–H groups in total. The number of rotatable bonds is 14. The van der Waals surface area contributed by atoms with Crippen molar-refractivity contribution in [3.63, 3.8) is 0 Å². The summed E-state index contributed by atoms with van der Waals surface area (Å²) in [6.45, 7) is 8.45. The lowest BCUT2D eigenvalue weighted by atomic mass is 9.90. The molecule has 1 unspecified atom stereocenters. The van der Waals surface area contributed by atoms with E-state index in [1.807, 2.05) is 32.6 Å². The third kappa shape index (κ3) is 6.64. The van der Waals surface area contributed by atoms with Gasteiger partial charge in [0.2, 0.25) is 11.8 Å². The SMILES string of the molecule is CCC(CC)(NC(=O)c1ccc(N2CC(F)C2)c(OC[C@H]2C[C@@H]2CO)n1)C(=O)NC(CO)CC(C)C. The van der Waals surface area contributed by atoms with Gasteiger partial charge in [-0.3, -0.25) is 9.59 Å². The predicted octanol–water partition coefficient (Wildman–Crippen LogP) is 2.06. The molecule has 0 radical (unpaired) electrons. The fraction of sp³-hybridized carbons (Fsp3) is 0.731. The van der Waals surface area contributed by atoms with Crippen LogP contribution in [0, 0.1) is 17.8 Å². The Bertz CT molecular complexity index is 904. The zero-order chi connectivity index (χ0) is 26.5. The van der Waals surface area contributed by atoms with Crippen LogP contribution in [0.2, 0.25) is 0 Å². The molecule has 3 rings (SSSR count). The summed E-state index contributed by atoms with van der Waals surface area (Å²) in [5, 5.41) is 24.8. The van der Waals surface area contributed by atoms with E-state index in [2.05, 4.69) is 15.6 Å². The number of anilines is 1. The summed E-state index contributed by atoms with van der Waals surface area (Å²) < 4.78 is 19.4.